The number of methoxy groups -OCH3 is 1. The van der Waals surface area contributed by atoms with Crippen molar-refractivity contribution in [2.45, 2.75) is 12.4 Å². The Hall–Kier alpha value is -2.58. The minimum absolute atomic E-state index is 0.0462. The van der Waals surface area contributed by atoms with Crippen LogP contribution in [-0.2, 0) is 17.1 Å². The number of alkyl halides is 6. The first kappa shape index (κ1) is 17.8. The quantitative estimate of drug-likeness (QED) is 0.589. The van der Waals surface area contributed by atoms with Crippen LogP contribution in [0.25, 0.3) is 11.3 Å². The van der Waals surface area contributed by atoms with Gasteiger partial charge in [0.15, 0.2) is 0 Å². The Labute approximate surface area is 131 Å². The number of nitrogens with zero attached hydrogens (tertiary/aromatic N) is 1. The van der Waals surface area contributed by atoms with Gasteiger partial charge in [-0.15, -0.1) is 0 Å². The van der Waals surface area contributed by atoms with Crippen LogP contribution in [0.2, 0.25) is 0 Å². The van der Waals surface area contributed by atoms with Gasteiger partial charge in [0.2, 0.25) is 0 Å². The number of esters is 1. The highest BCUT2D eigenvalue weighted by atomic mass is 19.4. The molecule has 0 aliphatic rings. The molecule has 0 aliphatic carbocycles. The SMILES string of the molecule is COC(=O)c1cnc(-c2ccc(C(F)(F)F)cc2)cc1C(F)(F)F. The lowest BCUT2D eigenvalue weighted by atomic mass is 10.0. The first-order valence-electron chi connectivity index (χ1n) is 6.37. The summed E-state index contributed by atoms with van der Waals surface area (Å²) in [6, 6.07) is 4.07. The first-order chi connectivity index (χ1) is 11.0. The smallest absolute Gasteiger partial charge is 0.417 e. The molecule has 2 rings (SSSR count). The van der Waals surface area contributed by atoms with E-state index in [2.05, 4.69) is 9.72 Å². The summed E-state index contributed by atoms with van der Waals surface area (Å²) in [5.41, 5.74) is -3.16. The van der Waals surface area contributed by atoms with E-state index in [4.69, 9.17) is 0 Å². The standard InChI is InChI=1S/C15H9F6NO2/c1-24-13(23)10-7-22-12(6-11(10)15(19,20)21)8-2-4-9(5-3-8)14(16,17)18/h2-7H,1H3. The molecule has 3 nitrogen and oxygen atoms in total. The molecule has 0 fully saturated rings. The fourth-order valence-electron chi connectivity index (χ4n) is 1.95. The number of rotatable bonds is 2. The van der Waals surface area contributed by atoms with Crippen molar-refractivity contribution in [1.29, 1.82) is 0 Å². The Morgan fingerprint density at radius 2 is 1.58 bits per heavy atom. The molecule has 0 spiro atoms. The van der Waals surface area contributed by atoms with Crippen LogP contribution in [-0.4, -0.2) is 18.1 Å². The lowest BCUT2D eigenvalue weighted by Crippen LogP contribution is -2.15. The van der Waals surface area contributed by atoms with Crippen molar-refractivity contribution in [2.75, 3.05) is 7.11 Å². The monoisotopic (exact) mass is 349 g/mol. The molecule has 0 saturated heterocycles. The van der Waals surface area contributed by atoms with Gasteiger partial charge in [0, 0.05) is 11.8 Å². The number of halogens is 6. The summed E-state index contributed by atoms with van der Waals surface area (Å²) in [5, 5.41) is 0. The van der Waals surface area contributed by atoms with Crippen molar-refractivity contribution in [3.05, 3.63) is 53.2 Å². The zero-order valence-corrected chi connectivity index (χ0v) is 12.0. The second kappa shape index (κ2) is 6.14. The maximum absolute atomic E-state index is 13.1. The molecule has 0 saturated carbocycles. The van der Waals surface area contributed by atoms with Gasteiger partial charge in [0.25, 0.3) is 0 Å². The van der Waals surface area contributed by atoms with Gasteiger partial charge >= 0.3 is 18.3 Å². The summed E-state index contributed by atoms with van der Waals surface area (Å²) < 4.78 is 81.0. The average Bonchev–Trinajstić information content (AvgIpc) is 2.52. The number of ether oxygens (including phenoxy) is 1. The van der Waals surface area contributed by atoms with Gasteiger partial charge in [-0.05, 0) is 18.2 Å². The van der Waals surface area contributed by atoms with Gasteiger partial charge in [0.05, 0.1) is 29.5 Å². The number of pyridine rings is 1. The minimum Gasteiger partial charge on any atom is -0.465 e. The molecule has 0 unspecified atom stereocenters. The molecule has 0 bridgehead atoms. The summed E-state index contributed by atoms with van der Waals surface area (Å²) in [4.78, 5) is 15.1. The van der Waals surface area contributed by atoms with Gasteiger partial charge < -0.3 is 4.74 Å². The van der Waals surface area contributed by atoms with E-state index >= 15 is 0 Å². The van der Waals surface area contributed by atoms with E-state index in [0.29, 0.717) is 12.3 Å². The van der Waals surface area contributed by atoms with Crippen molar-refractivity contribution in [3.8, 4) is 11.3 Å². The molecule has 24 heavy (non-hydrogen) atoms. The zero-order valence-electron chi connectivity index (χ0n) is 12.0. The minimum atomic E-state index is -4.85. The van der Waals surface area contributed by atoms with Crippen LogP contribution in [0.4, 0.5) is 26.3 Å². The number of hydrogen-bond donors (Lipinski definition) is 0. The maximum atomic E-state index is 13.1. The van der Waals surface area contributed by atoms with E-state index in [1.54, 1.807) is 0 Å². The summed E-state index contributed by atoms with van der Waals surface area (Å²) in [5.74, 6) is -1.21. The molecule has 1 aromatic carbocycles. The number of hydrogen-bond acceptors (Lipinski definition) is 3. The van der Waals surface area contributed by atoms with Crippen LogP contribution in [0.5, 0.6) is 0 Å². The van der Waals surface area contributed by atoms with E-state index in [1.165, 1.54) is 0 Å². The van der Waals surface area contributed by atoms with Crippen molar-refractivity contribution in [1.82, 2.24) is 4.98 Å². The molecule has 0 radical (unpaired) electrons. The predicted octanol–water partition coefficient (Wildman–Crippen LogP) is 4.57. The summed E-state index contributed by atoms with van der Waals surface area (Å²) in [7, 11) is 0.923. The van der Waals surface area contributed by atoms with Crippen LogP contribution in [0.1, 0.15) is 21.5 Å². The van der Waals surface area contributed by atoms with Gasteiger partial charge in [-0.1, -0.05) is 12.1 Å². The van der Waals surface area contributed by atoms with Crippen LogP contribution >= 0.6 is 0 Å². The van der Waals surface area contributed by atoms with E-state index in [0.717, 1.165) is 31.4 Å². The lowest BCUT2D eigenvalue weighted by Gasteiger charge is -2.13. The third kappa shape index (κ3) is 3.66. The van der Waals surface area contributed by atoms with E-state index in [-0.39, 0.29) is 11.3 Å². The first-order valence-corrected chi connectivity index (χ1v) is 6.37. The van der Waals surface area contributed by atoms with E-state index in [9.17, 15) is 31.1 Å². The third-order valence-corrected chi connectivity index (χ3v) is 3.12. The van der Waals surface area contributed by atoms with Crippen LogP contribution in [0, 0.1) is 0 Å². The van der Waals surface area contributed by atoms with Crippen molar-refractivity contribution in [3.63, 3.8) is 0 Å². The molecule has 0 amide bonds. The number of carbonyl (C=O) groups excluding carboxylic acids is 1. The normalized spacial score (nSPS) is 12.1. The number of carbonyl (C=O) groups is 1. The summed E-state index contributed by atoms with van der Waals surface area (Å²) >= 11 is 0. The zero-order chi connectivity index (χ0) is 18.1. The Kier molecular flexibility index (Phi) is 4.54. The van der Waals surface area contributed by atoms with Gasteiger partial charge in [-0.2, -0.15) is 26.3 Å². The van der Waals surface area contributed by atoms with Gasteiger partial charge in [-0.25, -0.2) is 4.79 Å². The topological polar surface area (TPSA) is 39.2 Å². The second-order valence-electron chi connectivity index (χ2n) is 4.68. The van der Waals surface area contributed by atoms with Gasteiger partial charge in [0.1, 0.15) is 0 Å². The van der Waals surface area contributed by atoms with Gasteiger partial charge in [-0.3, -0.25) is 4.98 Å². The fraction of sp³-hybridized carbons (Fsp3) is 0.200. The molecule has 0 aliphatic heterocycles. The highest BCUT2D eigenvalue weighted by Gasteiger charge is 2.36. The maximum Gasteiger partial charge on any atom is 0.417 e. The van der Waals surface area contributed by atoms with Crippen LogP contribution in [0.15, 0.2) is 36.5 Å². The molecule has 2 aromatic rings. The highest BCUT2D eigenvalue weighted by molar-refractivity contribution is 5.91. The van der Waals surface area contributed by atoms with Crippen molar-refractivity contribution >= 4 is 5.97 Å². The second-order valence-corrected chi connectivity index (χ2v) is 4.68. The molecule has 1 heterocycles. The molecular weight excluding hydrogens is 340 g/mol. The molecular formula is C15H9F6NO2. The molecule has 0 atom stereocenters. The van der Waals surface area contributed by atoms with Crippen LogP contribution < -0.4 is 0 Å². The largest absolute Gasteiger partial charge is 0.465 e. The average molecular weight is 349 g/mol. The summed E-state index contributed by atoms with van der Waals surface area (Å²) in [6.45, 7) is 0. The molecule has 9 heteroatoms. The van der Waals surface area contributed by atoms with E-state index in [1.807, 2.05) is 0 Å². The number of benzene rings is 1. The summed E-state index contributed by atoms with van der Waals surface area (Å²) in [6.07, 6.45) is -8.73. The Balaban J connectivity index is 2.51. The van der Waals surface area contributed by atoms with Crippen molar-refractivity contribution < 1.29 is 35.9 Å². The van der Waals surface area contributed by atoms with Crippen LogP contribution in [0.3, 0.4) is 0 Å². The van der Waals surface area contributed by atoms with Crippen molar-refractivity contribution in [2.24, 2.45) is 0 Å². The Morgan fingerprint density at radius 3 is 2.04 bits per heavy atom. The Morgan fingerprint density at radius 1 is 1.00 bits per heavy atom. The predicted molar refractivity (Wildman–Crippen MR) is 71.0 cm³/mol. The molecule has 128 valence electrons. The highest BCUT2D eigenvalue weighted by Crippen LogP contribution is 2.35. The Bertz CT molecular complexity index is 750. The third-order valence-electron chi connectivity index (χ3n) is 3.12. The lowest BCUT2D eigenvalue weighted by molar-refractivity contribution is -0.138. The molecule has 0 N–H and O–H groups in total. The van der Waals surface area contributed by atoms with E-state index < -0.39 is 35.0 Å². The number of aromatic nitrogens is 1. The fourth-order valence-corrected chi connectivity index (χ4v) is 1.95. The molecule has 1 aromatic heterocycles.